The number of hydrogen-bond acceptors (Lipinski definition) is 5. The predicted octanol–water partition coefficient (Wildman–Crippen LogP) is 5.03. The molecule has 1 atom stereocenters. The summed E-state index contributed by atoms with van der Waals surface area (Å²) in [6.07, 6.45) is 6.87. The van der Waals surface area contributed by atoms with Crippen molar-refractivity contribution < 1.29 is 13.2 Å². The Kier molecular flexibility index (Phi) is 7.19. The molecule has 1 aliphatic carbocycles. The molecule has 0 radical (unpaired) electrons. The molecule has 1 amide bonds. The minimum Gasteiger partial charge on any atom is -0.333 e. The summed E-state index contributed by atoms with van der Waals surface area (Å²) in [4.78, 5) is 22.0. The van der Waals surface area contributed by atoms with Crippen LogP contribution in [-0.4, -0.2) is 61.3 Å². The molecule has 0 bridgehead atoms. The Morgan fingerprint density at radius 1 is 1.11 bits per heavy atom. The fourth-order valence-electron chi connectivity index (χ4n) is 5.47. The number of nitrogens with one attached hydrogen (secondary N) is 1. The highest BCUT2D eigenvalue weighted by Gasteiger charge is 2.31. The Morgan fingerprint density at radius 2 is 1.89 bits per heavy atom. The highest BCUT2D eigenvalue weighted by molar-refractivity contribution is 7.93. The lowest BCUT2D eigenvalue weighted by atomic mass is 10.1. The van der Waals surface area contributed by atoms with Gasteiger partial charge < -0.3 is 4.90 Å². The minimum atomic E-state index is -3.91. The summed E-state index contributed by atoms with van der Waals surface area (Å²) in [5.74, 6) is 0.663. The molecule has 2 heterocycles. The number of para-hydroxylation sites is 1. The first kappa shape index (κ1) is 25.0. The number of piperazine rings is 1. The third-order valence-electron chi connectivity index (χ3n) is 7.30. The molecule has 1 N–H and O–H groups in total. The smallest absolute Gasteiger partial charge is 0.264 e. The molecule has 7 nitrogen and oxygen atoms in total. The van der Waals surface area contributed by atoms with Crippen LogP contribution >= 0.6 is 11.6 Å². The Morgan fingerprint density at radius 3 is 2.64 bits per heavy atom. The van der Waals surface area contributed by atoms with Gasteiger partial charge in [0.2, 0.25) is 0 Å². The van der Waals surface area contributed by atoms with Gasteiger partial charge in [0.25, 0.3) is 15.9 Å². The summed E-state index contributed by atoms with van der Waals surface area (Å²) in [6, 6.07) is 13.3. The summed E-state index contributed by atoms with van der Waals surface area (Å²) >= 11 is 6.50. The molecule has 36 heavy (non-hydrogen) atoms. The van der Waals surface area contributed by atoms with Gasteiger partial charge in [-0.15, -0.1) is 0 Å². The van der Waals surface area contributed by atoms with Crippen molar-refractivity contribution in [3.05, 3.63) is 65.3 Å². The summed E-state index contributed by atoms with van der Waals surface area (Å²) in [6.45, 7) is 5.57. The van der Waals surface area contributed by atoms with E-state index in [9.17, 15) is 13.2 Å². The molecule has 3 aromatic rings. The normalized spacial score (nSPS) is 19.6. The Hall–Kier alpha value is -2.68. The van der Waals surface area contributed by atoms with E-state index in [1.54, 1.807) is 30.5 Å². The Balaban J connectivity index is 1.28. The molecular weight excluding hydrogens is 496 g/mol. The van der Waals surface area contributed by atoms with E-state index < -0.39 is 10.0 Å². The highest BCUT2D eigenvalue weighted by atomic mass is 35.5. The monoisotopic (exact) mass is 526 g/mol. The fraction of sp³-hybridized carbons (Fsp3) is 0.407. The van der Waals surface area contributed by atoms with Crippen molar-refractivity contribution in [2.45, 2.75) is 43.5 Å². The van der Waals surface area contributed by atoms with Crippen LogP contribution in [0.3, 0.4) is 0 Å². The van der Waals surface area contributed by atoms with Crippen LogP contribution in [0.2, 0.25) is 5.02 Å². The number of benzene rings is 2. The molecule has 0 spiro atoms. The summed E-state index contributed by atoms with van der Waals surface area (Å²) < 4.78 is 28.8. The number of carbonyl (C=O) groups excluding carboxylic acids is 1. The quantitative estimate of drug-likeness (QED) is 0.487. The number of amides is 1. The lowest BCUT2D eigenvalue weighted by Gasteiger charge is -2.41. The number of hydrogen-bond donors (Lipinski definition) is 1. The number of fused-ring (bicyclic) bond motifs is 1. The lowest BCUT2D eigenvalue weighted by molar-refractivity contribution is 0.0461. The van der Waals surface area contributed by atoms with Crippen molar-refractivity contribution >= 4 is 44.1 Å². The van der Waals surface area contributed by atoms with E-state index in [2.05, 4.69) is 21.5 Å². The molecular formula is C27H31ClN4O3S. The lowest BCUT2D eigenvalue weighted by Crippen LogP contribution is -2.54. The second kappa shape index (κ2) is 10.4. The maximum absolute atomic E-state index is 13.3. The first-order valence-corrected chi connectivity index (χ1v) is 14.4. The molecule has 2 fully saturated rings. The summed E-state index contributed by atoms with van der Waals surface area (Å²) in [5, 5.41) is 0.952. The van der Waals surface area contributed by atoms with Crippen molar-refractivity contribution in [3.63, 3.8) is 0 Å². The average Bonchev–Trinajstić information content (AvgIpc) is 3.36. The number of carbonyl (C=O) groups is 1. The van der Waals surface area contributed by atoms with Gasteiger partial charge in [-0.05, 0) is 56.0 Å². The van der Waals surface area contributed by atoms with E-state index in [0.717, 1.165) is 30.9 Å². The highest BCUT2D eigenvalue weighted by Crippen LogP contribution is 2.29. The number of pyridine rings is 1. The molecule has 1 saturated heterocycles. The van der Waals surface area contributed by atoms with Crippen LogP contribution in [0.5, 0.6) is 0 Å². The number of rotatable bonds is 6. The summed E-state index contributed by atoms with van der Waals surface area (Å²) in [7, 11) is -3.91. The SMILES string of the molecule is CC1CN(CC2CCCC2)CCN1C(=O)c1ccc(NS(=O)(=O)c2cccc3cccnc23)cc1Cl. The Labute approximate surface area is 217 Å². The van der Waals surface area contributed by atoms with Crippen molar-refractivity contribution in [1.82, 2.24) is 14.8 Å². The largest absolute Gasteiger partial charge is 0.333 e. The van der Waals surface area contributed by atoms with E-state index in [0.29, 0.717) is 23.3 Å². The molecule has 5 rings (SSSR count). The van der Waals surface area contributed by atoms with E-state index >= 15 is 0 Å². The molecule has 1 unspecified atom stereocenters. The van der Waals surface area contributed by atoms with Crippen LogP contribution in [-0.2, 0) is 10.0 Å². The standard InChI is InChI=1S/C27H31ClN4O3S/c1-19-17-31(18-20-6-2-3-7-20)14-15-32(19)27(33)23-12-11-22(16-24(23)28)30-36(34,35)25-10-4-8-21-9-5-13-29-26(21)25/h4-5,8-13,16,19-20,30H,2-3,6-7,14-15,17-18H2,1H3. The van der Waals surface area contributed by atoms with Gasteiger partial charge in [0.1, 0.15) is 4.90 Å². The van der Waals surface area contributed by atoms with Gasteiger partial charge >= 0.3 is 0 Å². The summed E-state index contributed by atoms with van der Waals surface area (Å²) in [5.41, 5.74) is 1.06. The van der Waals surface area contributed by atoms with Crippen LogP contribution in [0, 0.1) is 5.92 Å². The van der Waals surface area contributed by atoms with Gasteiger partial charge in [-0.25, -0.2) is 8.42 Å². The molecule has 1 aromatic heterocycles. The van der Waals surface area contributed by atoms with Gasteiger partial charge in [-0.1, -0.05) is 42.6 Å². The van der Waals surface area contributed by atoms with Crippen molar-refractivity contribution in [1.29, 1.82) is 0 Å². The molecule has 9 heteroatoms. The van der Waals surface area contributed by atoms with E-state index in [1.165, 1.54) is 37.8 Å². The first-order chi connectivity index (χ1) is 17.3. The van der Waals surface area contributed by atoms with E-state index in [1.807, 2.05) is 17.0 Å². The van der Waals surface area contributed by atoms with Gasteiger partial charge in [-0.3, -0.25) is 19.4 Å². The second-order valence-electron chi connectivity index (χ2n) is 9.89. The number of nitrogens with zero attached hydrogens (tertiary/aromatic N) is 3. The van der Waals surface area contributed by atoms with Crippen LogP contribution in [0.1, 0.15) is 43.0 Å². The number of anilines is 1. The second-order valence-corrected chi connectivity index (χ2v) is 11.9. The van der Waals surface area contributed by atoms with Gasteiger partial charge in [0.15, 0.2) is 0 Å². The number of sulfonamides is 1. The molecule has 1 saturated carbocycles. The van der Waals surface area contributed by atoms with Crippen LogP contribution in [0.15, 0.2) is 59.6 Å². The third-order valence-corrected chi connectivity index (χ3v) is 9.03. The minimum absolute atomic E-state index is 0.0840. The molecule has 2 aliphatic rings. The van der Waals surface area contributed by atoms with Crippen molar-refractivity contribution in [2.75, 3.05) is 30.9 Å². The van der Waals surface area contributed by atoms with Gasteiger partial charge in [0, 0.05) is 43.8 Å². The number of aromatic nitrogens is 1. The van der Waals surface area contributed by atoms with E-state index in [4.69, 9.17) is 11.6 Å². The zero-order valence-corrected chi connectivity index (χ0v) is 21.9. The van der Waals surface area contributed by atoms with Crippen molar-refractivity contribution in [2.24, 2.45) is 5.92 Å². The topological polar surface area (TPSA) is 82.6 Å². The van der Waals surface area contributed by atoms with Crippen LogP contribution < -0.4 is 4.72 Å². The first-order valence-electron chi connectivity index (χ1n) is 12.5. The van der Waals surface area contributed by atoms with E-state index in [-0.39, 0.29) is 21.9 Å². The zero-order valence-electron chi connectivity index (χ0n) is 20.4. The molecule has 1 aliphatic heterocycles. The molecule has 2 aromatic carbocycles. The van der Waals surface area contributed by atoms with Gasteiger partial charge in [0.05, 0.1) is 21.8 Å². The third kappa shape index (κ3) is 5.21. The average molecular weight is 527 g/mol. The number of halogens is 1. The van der Waals surface area contributed by atoms with Crippen LogP contribution in [0.4, 0.5) is 5.69 Å². The fourth-order valence-corrected chi connectivity index (χ4v) is 6.96. The predicted molar refractivity (Wildman–Crippen MR) is 143 cm³/mol. The zero-order chi connectivity index (χ0) is 25.3. The maximum Gasteiger partial charge on any atom is 0.264 e. The Bertz CT molecular complexity index is 1370. The van der Waals surface area contributed by atoms with Crippen LogP contribution in [0.25, 0.3) is 10.9 Å². The molecule has 190 valence electrons. The van der Waals surface area contributed by atoms with Crippen molar-refractivity contribution in [3.8, 4) is 0 Å². The maximum atomic E-state index is 13.3. The van der Waals surface area contributed by atoms with Gasteiger partial charge in [-0.2, -0.15) is 0 Å².